The van der Waals surface area contributed by atoms with Crippen LogP contribution >= 0.6 is 0 Å². The van der Waals surface area contributed by atoms with Crippen molar-refractivity contribution in [2.24, 2.45) is 17.2 Å². The lowest BCUT2D eigenvalue weighted by Gasteiger charge is -2.37. The maximum absolute atomic E-state index is 12.8. The molecular weight excluding hydrogens is 526 g/mol. The third-order valence-corrected chi connectivity index (χ3v) is 7.52. The van der Waals surface area contributed by atoms with Crippen LogP contribution in [0.5, 0.6) is 0 Å². The summed E-state index contributed by atoms with van der Waals surface area (Å²) in [5, 5.41) is 2.66. The zero-order chi connectivity index (χ0) is 29.7. The van der Waals surface area contributed by atoms with Gasteiger partial charge in [-0.15, -0.1) is 0 Å². The Morgan fingerprint density at radius 3 is 2.27 bits per heavy atom. The lowest BCUT2D eigenvalue weighted by atomic mass is 10.0. The predicted molar refractivity (Wildman–Crippen MR) is 155 cm³/mol. The van der Waals surface area contributed by atoms with E-state index in [1.807, 2.05) is 12.1 Å². The Kier molecular flexibility index (Phi) is 9.41. The van der Waals surface area contributed by atoms with Crippen LogP contribution in [-0.4, -0.2) is 99.0 Å². The number of nitrogens with zero attached hydrogens (tertiary/aromatic N) is 5. The van der Waals surface area contributed by atoms with Gasteiger partial charge in [0.2, 0.25) is 11.8 Å². The molecule has 0 saturated carbocycles. The van der Waals surface area contributed by atoms with Gasteiger partial charge < -0.3 is 31.9 Å². The molecular formula is C28H41N9O4. The first-order valence-electron chi connectivity index (χ1n) is 14.1. The van der Waals surface area contributed by atoms with E-state index in [1.165, 1.54) is 4.57 Å². The molecule has 0 spiro atoms. The SMILES string of the molecule is CC(C)(N)C(=O)N1CCN(C(=O)Nc2ccn(-c3ccc(CC(N)C(=O)N4CCCC(N)CC4)cc3)c(=O)n2)CC1. The molecule has 41 heavy (non-hydrogen) atoms. The van der Waals surface area contributed by atoms with E-state index in [4.69, 9.17) is 17.2 Å². The second-order valence-corrected chi connectivity index (χ2v) is 11.4. The van der Waals surface area contributed by atoms with Crippen molar-refractivity contribution in [3.05, 3.63) is 52.6 Å². The number of benzene rings is 1. The molecule has 222 valence electrons. The fraction of sp³-hybridized carbons (Fsp3) is 0.536. The number of aromatic nitrogens is 2. The molecule has 0 bridgehead atoms. The number of carbonyl (C=O) groups is 3. The molecule has 2 atom stereocenters. The standard InChI is InChI=1S/C28H41N9O4/c1-28(2,31)25(39)35-14-16-36(17-15-35)26(40)32-23-10-13-37(27(41)33-23)21-7-5-19(6-8-21)18-22(30)24(38)34-11-3-4-20(29)9-12-34/h5-8,10,13,20,22H,3-4,9,11-12,14-18,29-31H2,1-2H3,(H,32,33,40,41). The molecule has 2 unspecified atom stereocenters. The van der Waals surface area contributed by atoms with Crippen molar-refractivity contribution >= 4 is 23.7 Å². The van der Waals surface area contributed by atoms with Crippen molar-refractivity contribution in [1.29, 1.82) is 0 Å². The highest BCUT2D eigenvalue weighted by molar-refractivity contribution is 5.89. The summed E-state index contributed by atoms with van der Waals surface area (Å²) in [6, 6.07) is 7.82. The number of nitrogens with one attached hydrogen (secondary N) is 1. The van der Waals surface area contributed by atoms with Gasteiger partial charge in [0.05, 0.1) is 17.3 Å². The first-order chi connectivity index (χ1) is 19.4. The summed E-state index contributed by atoms with van der Waals surface area (Å²) in [4.78, 5) is 59.7. The Hall–Kier alpha value is -3.81. The number of anilines is 1. The number of nitrogens with two attached hydrogens (primary N) is 3. The smallest absolute Gasteiger partial charge is 0.341 e. The van der Waals surface area contributed by atoms with Crippen LogP contribution in [0.15, 0.2) is 41.3 Å². The van der Waals surface area contributed by atoms with E-state index in [0.717, 1.165) is 24.8 Å². The number of likely N-dealkylation sites (tertiary alicyclic amines) is 1. The lowest BCUT2D eigenvalue weighted by molar-refractivity contribution is -0.137. The summed E-state index contributed by atoms with van der Waals surface area (Å²) in [6.45, 7) is 6.07. The van der Waals surface area contributed by atoms with Crippen molar-refractivity contribution < 1.29 is 14.4 Å². The molecule has 2 aliphatic rings. The highest BCUT2D eigenvalue weighted by Crippen LogP contribution is 2.15. The van der Waals surface area contributed by atoms with Gasteiger partial charge in [0.1, 0.15) is 5.82 Å². The van der Waals surface area contributed by atoms with Gasteiger partial charge in [-0.3, -0.25) is 19.5 Å². The van der Waals surface area contributed by atoms with Gasteiger partial charge in [-0.2, -0.15) is 4.98 Å². The van der Waals surface area contributed by atoms with Crippen LogP contribution in [0.3, 0.4) is 0 Å². The van der Waals surface area contributed by atoms with Gasteiger partial charge in [0.15, 0.2) is 0 Å². The maximum Gasteiger partial charge on any atom is 0.354 e. The highest BCUT2D eigenvalue weighted by atomic mass is 16.2. The lowest BCUT2D eigenvalue weighted by Crippen LogP contribution is -2.58. The van der Waals surface area contributed by atoms with E-state index in [1.54, 1.807) is 52.9 Å². The molecule has 13 nitrogen and oxygen atoms in total. The number of amides is 4. The summed E-state index contributed by atoms with van der Waals surface area (Å²) in [5.41, 5.74) is 18.1. The van der Waals surface area contributed by atoms with Crippen molar-refractivity contribution in [2.75, 3.05) is 44.6 Å². The molecule has 0 radical (unpaired) electrons. The number of rotatable bonds is 6. The van der Waals surface area contributed by atoms with Crippen molar-refractivity contribution in [3.63, 3.8) is 0 Å². The summed E-state index contributed by atoms with van der Waals surface area (Å²) >= 11 is 0. The molecule has 4 amide bonds. The quantitative estimate of drug-likeness (QED) is 0.371. The van der Waals surface area contributed by atoms with E-state index in [-0.39, 0.29) is 23.7 Å². The molecule has 2 aromatic rings. The van der Waals surface area contributed by atoms with Crippen LogP contribution in [0.1, 0.15) is 38.7 Å². The minimum absolute atomic E-state index is 0.0730. The zero-order valence-electron chi connectivity index (χ0n) is 23.8. The summed E-state index contributed by atoms with van der Waals surface area (Å²) < 4.78 is 1.37. The Morgan fingerprint density at radius 1 is 0.976 bits per heavy atom. The van der Waals surface area contributed by atoms with E-state index in [9.17, 15) is 19.2 Å². The molecule has 4 rings (SSSR count). The van der Waals surface area contributed by atoms with Gasteiger partial charge in [-0.1, -0.05) is 12.1 Å². The van der Waals surface area contributed by atoms with E-state index >= 15 is 0 Å². The average molecular weight is 568 g/mol. The fourth-order valence-corrected chi connectivity index (χ4v) is 5.09. The topological polar surface area (TPSA) is 186 Å². The van der Waals surface area contributed by atoms with Crippen LogP contribution in [0.4, 0.5) is 10.6 Å². The zero-order valence-corrected chi connectivity index (χ0v) is 23.8. The largest absolute Gasteiger partial charge is 0.354 e. The molecule has 1 aromatic carbocycles. The van der Waals surface area contributed by atoms with Gasteiger partial charge in [0.25, 0.3) is 0 Å². The third-order valence-electron chi connectivity index (χ3n) is 7.52. The second kappa shape index (κ2) is 12.8. The van der Waals surface area contributed by atoms with Crippen LogP contribution in [0.25, 0.3) is 5.69 Å². The average Bonchev–Trinajstić information content (AvgIpc) is 3.16. The minimum Gasteiger partial charge on any atom is -0.341 e. The normalized spacial score (nSPS) is 19.0. The maximum atomic E-state index is 12.8. The minimum atomic E-state index is -0.966. The third kappa shape index (κ3) is 7.69. The first kappa shape index (κ1) is 30.2. The predicted octanol–water partition coefficient (Wildman–Crippen LogP) is -0.144. The number of carbonyl (C=O) groups excluding carboxylic acids is 3. The van der Waals surface area contributed by atoms with Gasteiger partial charge in [0, 0.05) is 51.5 Å². The van der Waals surface area contributed by atoms with Crippen LogP contribution < -0.4 is 28.2 Å². The molecule has 2 fully saturated rings. The Bertz CT molecular complexity index is 1300. The number of hydrogen-bond acceptors (Lipinski definition) is 8. The number of urea groups is 1. The summed E-state index contributed by atoms with van der Waals surface area (Å²) in [5.74, 6) is -0.102. The molecule has 2 saturated heterocycles. The molecule has 1 aromatic heterocycles. The Balaban J connectivity index is 1.31. The number of piperazine rings is 1. The monoisotopic (exact) mass is 567 g/mol. The molecule has 13 heteroatoms. The van der Waals surface area contributed by atoms with E-state index < -0.39 is 23.3 Å². The molecule has 7 N–H and O–H groups in total. The van der Waals surface area contributed by atoms with E-state index in [0.29, 0.717) is 51.4 Å². The summed E-state index contributed by atoms with van der Waals surface area (Å²) in [6.07, 6.45) is 4.50. The molecule has 0 aliphatic carbocycles. The fourth-order valence-electron chi connectivity index (χ4n) is 5.09. The second-order valence-electron chi connectivity index (χ2n) is 11.4. The highest BCUT2D eigenvalue weighted by Gasteiger charge is 2.31. The van der Waals surface area contributed by atoms with Crippen LogP contribution in [0, 0.1) is 0 Å². The van der Waals surface area contributed by atoms with Crippen LogP contribution in [0.2, 0.25) is 0 Å². The van der Waals surface area contributed by atoms with Crippen molar-refractivity contribution in [1.82, 2.24) is 24.3 Å². The van der Waals surface area contributed by atoms with E-state index in [2.05, 4.69) is 10.3 Å². The van der Waals surface area contributed by atoms with Gasteiger partial charge in [-0.05, 0) is 63.3 Å². The van der Waals surface area contributed by atoms with Crippen LogP contribution in [-0.2, 0) is 16.0 Å². The first-order valence-corrected chi connectivity index (χ1v) is 14.1. The Labute approximate surface area is 239 Å². The molecule has 3 heterocycles. The summed E-state index contributed by atoms with van der Waals surface area (Å²) in [7, 11) is 0. The molecule has 2 aliphatic heterocycles. The van der Waals surface area contributed by atoms with Gasteiger partial charge in [-0.25, -0.2) is 9.59 Å². The number of hydrogen-bond donors (Lipinski definition) is 4. The van der Waals surface area contributed by atoms with Gasteiger partial charge >= 0.3 is 11.7 Å². The Morgan fingerprint density at radius 2 is 1.63 bits per heavy atom. The van der Waals surface area contributed by atoms with Crippen molar-refractivity contribution in [3.8, 4) is 5.69 Å². The van der Waals surface area contributed by atoms with Crippen molar-refractivity contribution in [2.45, 2.75) is 57.2 Å².